The summed E-state index contributed by atoms with van der Waals surface area (Å²) in [4.78, 5) is 4.19. The van der Waals surface area contributed by atoms with E-state index in [0.717, 1.165) is 11.3 Å². The van der Waals surface area contributed by atoms with Crippen LogP contribution in [0.4, 0.5) is 8.78 Å². The van der Waals surface area contributed by atoms with Crippen molar-refractivity contribution in [2.75, 3.05) is 0 Å². The number of benzene rings is 1. The molecule has 0 bridgehead atoms. The molecule has 100 valence electrons. The molecule has 19 heavy (non-hydrogen) atoms. The first-order valence-electron chi connectivity index (χ1n) is 5.74. The molecular formula is C14H12ClF2NO. The van der Waals surface area contributed by atoms with Crippen LogP contribution in [0.15, 0.2) is 48.7 Å². The number of nitrogens with zero attached hydrogens (tertiary/aromatic N) is 1. The van der Waals surface area contributed by atoms with Crippen LogP contribution >= 0.6 is 11.6 Å². The van der Waals surface area contributed by atoms with Crippen LogP contribution < -0.4 is 4.74 Å². The maximum absolute atomic E-state index is 12.0. The topological polar surface area (TPSA) is 22.1 Å². The van der Waals surface area contributed by atoms with E-state index >= 15 is 0 Å². The smallest absolute Gasteiger partial charge is 0.387 e. The van der Waals surface area contributed by atoms with Crippen molar-refractivity contribution in [2.24, 2.45) is 0 Å². The predicted octanol–water partition coefficient (Wildman–Crippen LogP) is 4.21. The average Bonchev–Trinajstić information content (AvgIpc) is 2.40. The van der Waals surface area contributed by atoms with Gasteiger partial charge in [0.2, 0.25) is 0 Å². The second-order valence-electron chi connectivity index (χ2n) is 3.94. The van der Waals surface area contributed by atoms with Gasteiger partial charge in [0.25, 0.3) is 0 Å². The molecule has 0 N–H and O–H groups in total. The van der Waals surface area contributed by atoms with Gasteiger partial charge in [0.15, 0.2) is 0 Å². The SMILES string of the molecule is FC(F)Oc1ccc(C(Cl)Cc2ccccn2)cc1. The van der Waals surface area contributed by atoms with Crippen LogP contribution in [0.3, 0.4) is 0 Å². The Hall–Kier alpha value is -1.68. The van der Waals surface area contributed by atoms with Crippen LogP contribution in [0.25, 0.3) is 0 Å². The Labute approximate surface area is 115 Å². The number of hydrogen-bond acceptors (Lipinski definition) is 2. The number of rotatable bonds is 5. The van der Waals surface area contributed by atoms with E-state index in [1.807, 2.05) is 18.2 Å². The summed E-state index contributed by atoms with van der Waals surface area (Å²) in [7, 11) is 0. The van der Waals surface area contributed by atoms with E-state index in [4.69, 9.17) is 11.6 Å². The third-order valence-electron chi connectivity index (χ3n) is 2.58. The maximum atomic E-state index is 12.0. The summed E-state index contributed by atoms with van der Waals surface area (Å²) < 4.78 is 28.3. The molecule has 1 heterocycles. The van der Waals surface area contributed by atoms with Crippen LogP contribution in [-0.4, -0.2) is 11.6 Å². The van der Waals surface area contributed by atoms with E-state index in [0.29, 0.717) is 6.42 Å². The fraction of sp³-hybridized carbons (Fsp3) is 0.214. The average molecular weight is 284 g/mol. The summed E-state index contributed by atoms with van der Waals surface area (Å²) in [6.45, 7) is -2.81. The molecule has 0 saturated heterocycles. The lowest BCUT2D eigenvalue weighted by atomic mass is 10.1. The third-order valence-corrected chi connectivity index (χ3v) is 2.99. The molecule has 2 aromatic rings. The van der Waals surface area contributed by atoms with Crippen molar-refractivity contribution >= 4 is 11.6 Å². The lowest BCUT2D eigenvalue weighted by molar-refractivity contribution is -0.0498. The quantitative estimate of drug-likeness (QED) is 0.767. The Bertz CT molecular complexity index is 505. The first kappa shape index (κ1) is 13.7. The monoisotopic (exact) mass is 283 g/mol. The van der Waals surface area contributed by atoms with E-state index in [1.54, 1.807) is 18.3 Å². The van der Waals surface area contributed by atoms with Gasteiger partial charge in [0.1, 0.15) is 5.75 Å². The van der Waals surface area contributed by atoms with Gasteiger partial charge in [-0.05, 0) is 29.8 Å². The predicted molar refractivity (Wildman–Crippen MR) is 69.6 cm³/mol. The van der Waals surface area contributed by atoms with Gasteiger partial charge in [-0.1, -0.05) is 18.2 Å². The summed E-state index contributed by atoms with van der Waals surface area (Å²) >= 11 is 6.27. The lowest BCUT2D eigenvalue weighted by Gasteiger charge is -2.10. The molecule has 0 radical (unpaired) electrons. The summed E-state index contributed by atoms with van der Waals surface area (Å²) in [5.41, 5.74) is 1.73. The molecule has 1 atom stereocenters. The highest BCUT2D eigenvalue weighted by Crippen LogP contribution is 2.26. The zero-order valence-electron chi connectivity index (χ0n) is 9.97. The number of hydrogen-bond donors (Lipinski definition) is 0. The number of ether oxygens (including phenoxy) is 1. The number of aromatic nitrogens is 1. The second-order valence-corrected chi connectivity index (χ2v) is 4.47. The largest absolute Gasteiger partial charge is 0.435 e. The molecular weight excluding hydrogens is 272 g/mol. The van der Waals surface area contributed by atoms with E-state index in [1.165, 1.54) is 12.1 Å². The molecule has 0 fully saturated rings. The molecule has 0 aliphatic carbocycles. The van der Waals surface area contributed by atoms with Crippen molar-refractivity contribution in [3.8, 4) is 5.75 Å². The highest BCUT2D eigenvalue weighted by Gasteiger charge is 2.10. The molecule has 1 aromatic carbocycles. The summed E-state index contributed by atoms with van der Waals surface area (Å²) in [6, 6.07) is 11.9. The van der Waals surface area contributed by atoms with Gasteiger partial charge in [-0.15, -0.1) is 11.6 Å². The fourth-order valence-electron chi connectivity index (χ4n) is 1.68. The molecule has 2 rings (SSSR count). The van der Waals surface area contributed by atoms with Crippen LogP contribution in [0.2, 0.25) is 0 Å². The van der Waals surface area contributed by atoms with Gasteiger partial charge in [0.05, 0.1) is 5.38 Å². The van der Waals surface area contributed by atoms with Gasteiger partial charge in [-0.25, -0.2) is 0 Å². The normalized spacial score (nSPS) is 12.4. The van der Waals surface area contributed by atoms with Crippen LogP contribution in [-0.2, 0) is 6.42 Å². The van der Waals surface area contributed by atoms with Gasteiger partial charge in [0, 0.05) is 18.3 Å². The first-order chi connectivity index (χ1) is 9.15. The van der Waals surface area contributed by atoms with E-state index < -0.39 is 6.61 Å². The van der Waals surface area contributed by atoms with Crippen LogP contribution in [0.1, 0.15) is 16.6 Å². The minimum atomic E-state index is -2.81. The van der Waals surface area contributed by atoms with Gasteiger partial charge in [-0.3, -0.25) is 4.98 Å². The summed E-state index contributed by atoms with van der Waals surface area (Å²) in [6.07, 6.45) is 2.29. The number of alkyl halides is 3. The Morgan fingerprint density at radius 1 is 1.11 bits per heavy atom. The van der Waals surface area contributed by atoms with Crippen molar-refractivity contribution in [3.05, 3.63) is 59.9 Å². The first-order valence-corrected chi connectivity index (χ1v) is 6.17. The fourth-order valence-corrected chi connectivity index (χ4v) is 1.98. The van der Waals surface area contributed by atoms with Gasteiger partial charge in [-0.2, -0.15) is 8.78 Å². The van der Waals surface area contributed by atoms with Crippen molar-refractivity contribution in [2.45, 2.75) is 18.4 Å². The summed E-state index contributed by atoms with van der Waals surface area (Å²) in [5.74, 6) is 0.125. The lowest BCUT2D eigenvalue weighted by Crippen LogP contribution is -2.02. The molecule has 1 aromatic heterocycles. The zero-order chi connectivity index (χ0) is 13.7. The molecule has 5 heteroatoms. The Balaban J connectivity index is 2.01. The Morgan fingerprint density at radius 3 is 2.42 bits per heavy atom. The highest BCUT2D eigenvalue weighted by atomic mass is 35.5. The summed E-state index contributed by atoms with van der Waals surface area (Å²) in [5, 5.41) is -0.254. The molecule has 0 spiro atoms. The van der Waals surface area contributed by atoms with Crippen LogP contribution in [0.5, 0.6) is 5.75 Å². The molecule has 0 aliphatic heterocycles. The van der Waals surface area contributed by atoms with E-state index in [9.17, 15) is 8.78 Å². The Kier molecular flexibility index (Phi) is 4.68. The minimum Gasteiger partial charge on any atom is -0.435 e. The maximum Gasteiger partial charge on any atom is 0.387 e. The molecule has 0 aliphatic rings. The van der Waals surface area contributed by atoms with Crippen molar-refractivity contribution in [3.63, 3.8) is 0 Å². The molecule has 0 amide bonds. The minimum absolute atomic E-state index is 0.125. The standard InChI is InChI=1S/C14H12ClF2NO/c15-13(9-11-3-1-2-8-18-11)10-4-6-12(7-5-10)19-14(16)17/h1-8,13-14H,9H2. The molecule has 2 nitrogen and oxygen atoms in total. The van der Waals surface area contributed by atoms with Crippen molar-refractivity contribution < 1.29 is 13.5 Å². The van der Waals surface area contributed by atoms with Crippen molar-refractivity contribution in [1.82, 2.24) is 4.98 Å². The third kappa shape index (κ3) is 4.17. The Morgan fingerprint density at radius 2 is 1.84 bits per heavy atom. The molecule has 0 saturated carbocycles. The van der Waals surface area contributed by atoms with Gasteiger partial charge < -0.3 is 4.74 Å². The highest BCUT2D eigenvalue weighted by molar-refractivity contribution is 6.20. The molecule has 1 unspecified atom stereocenters. The van der Waals surface area contributed by atoms with Gasteiger partial charge >= 0.3 is 6.61 Å². The number of halogens is 3. The number of pyridine rings is 1. The van der Waals surface area contributed by atoms with Crippen LogP contribution in [0, 0.1) is 0 Å². The van der Waals surface area contributed by atoms with Crippen molar-refractivity contribution in [1.29, 1.82) is 0 Å². The van der Waals surface area contributed by atoms with E-state index in [-0.39, 0.29) is 11.1 Å². The second kappa shape index (κ2) is 6.48. The zero-order valence-corrected chi connectivity index (χ0v) is 10.7. The van der Waals surface area contributed by atoms with E-state index in [2.05, 4.69) is 9.72 Å².